The van der Waals surface area contributed by atoms with Crippen LogP contribution in [0.1, 0.15) is 151 Å². The molecule has 0 unspecified atom stereocenters. The highest BCUT2D eigenvalue weighted by molar-refractivity contribution is 6.53. The average molecular weight is 931 g/mol. The summed E-state index contributed by atoms with van der Waals surface area (Å²) in [6, 6.07) is 35.7. The summed E-state index contributed by atoms with van der Waals surface area (Å²) in [5, 5.41) is 0.275. The van der Waals surface area contributed by atoms with Crippen molar-refractivity contribution in [3.8, 4) is 0 Å². The molecule has 4 nitrogen and oxygen atoms in total. The molecule has 0 amide bonds. The minimum Gasteiger partial charge on any atom is -0.442 e. The fraction of sp³-hybridized carbons (Fsp3) is 0.375. The van der Waals surface area contributed by atoms with E-state index in [0.717, 1.165) is 59.6 Å². The van der Waals surface area contributed by atoms with Crippen LogP contribution in [-0.4, -0.2) is 32.1 Å². The number of cyclic esters (lactones) is 1. The van der Waals surface area contributed by atoms with Gasteiger partial charge in [0.1, 0.15) is 0 Å². The number of nitrogens with zero attached hydrogens (tertiary/aromatic N) is 2. The number of anilines is 2. The standard InChI is InChI=1S/C56H56Cl4N2O2/c57-51-49-50(52(58)54(60)53(51)59)56(64-55(49)63,35-47(43-23-27-45(28-24-43)61-31-7-8-32-61)41-19-15-39(16-20-41)37-11-3-1-4-12-37)36-48(44-25-29-46(30-26-44)62-33-9-10-34-62)42-21-17-40(18-22-42)38-13-5-2-6-14-38/h15-30,35-38H,1-14,31-34H2/b47-35-,48-36-. The third-order valence-electron chi connectivity index (χ3n) is 14.7. The molecular weight excluding hydrogens is 874 g/mol. The summed E-state index contributed by atoms with van der Waals surface area (Å²) in [7, 11) is 0. The Morgan fingerprint density at radius 3 is 1.22 bits per heavy atom. The van der Waals surface area contributed by atoms with E-state index in [9.17, 15) is 4.79 Å². The number of hydrogen-bond donors (Lipinski definition) is 0. The highest BCUT2D eigenvalue weighted by Crippen LogP contribution is 2.54. The Morgan fingerprint density at radius 2 is 0.828 bits per heavy atom. The van der Waals surface area contributed by atoms with E-state index < -0.39 is 11.6 Å². The van der Waals surface area contributed by atoms with E-state index in [1.165, 1.54) is 112 Å². The van der Waals surface area contributed by atoms with E-state index in [1.807, 2.05) is 0 Å². The zero-order valence-electron chi connectivity index (χ0n) is 36.5. The summed E-state index contributed by atoms with van der Waals surface area (Å²) in [4.78, 5) is 19.4. The molecule has 64 heavy (non-hydrogen) atoms. The van der Waals surface area contributed by atoms with Gasteiger partial charge in [-0.1, -0.05) is 158 Å². The quantitative estimate of drug-likeness (QED) is 0.0794. The molecule has 5 aromatic carbocycles. The number of rotatable bonds is 10. The Morgan fingerprint density at radius 1 is 0.469 bits per heavy atom. The number of fused-ring (bicyclic) bond motifs is 1. The number of halogens is 4. The van der Waals surface area contributed by atoms with Crippen LogP contribution in [0.15, 0.2) is 109 Å². The van der Waals surface area contributed by atoms with Crippen LogP contribution in [0.3, 0.4) is 0 Å². The molecular formula is C56H56Cl4N2O2. The van der Waals surface area contributed by atoms with Crippen LogP contribution in [0, 0.1) is 0 Å². The number of carbonyl (C=O) groups is 1. The first-order valence-electron chi connectivity index (χ1n) is 23.7. The Balaban J connectivity index is 1.20. The lowest BCUT2D eigenvalue weighted by Gasteiger charge is -2.28. The van der Waals surface area contributed by atoms with E-state index in [1.54, 1.807) is 0 Å². The topological polar surface area (TPSA) is 32.8 Å². The Hall–Kier alpha value is -4.19. The van der Waals surface area contributed by atoms with Crippen LogP contribution < -0.4 is 9.80 Å². The van der Waals surface area contributed by atoms with Crippen molar-refractivity contribution in [2.24, 2.45) is 0 Å². The first kappa shape index (κ1) is 43.7. The normalized spacial score (nSPS) is 19.7. The van der Waals surface area contributed by atoms with Gasteiger partial charge >= 0.3 is 5.97 Å². The zero-order chi connectivity index (χ0) is 43.8. The number of carbonyl (C=O) groups excluding carboxylic acids is 1. The number of benzene rings is 5. The largest absolute Gasteiger partial charge is 0.442 e. The lowest BCUT2D eigenvalue weighted by atomic mass is 9.81. The molecule has 0 bridgehead atoms. The van der Waals surface area contributed by atoms with Crippen LogP contribution in [0.2, 0.25) is 20.1 Å². The van der Waals surface area contributed by atoms with Gasteiger partial charge in [-0.25, -0.2) is 4.79 Å². The third-order valence-corrected chi connectivity index (χ3v) is 16.5. The van der Waals surface area contributed by atoms with E-state index in [4.69, 9.17) is 51.1 Å². The van der Waals surface area contributed by atoms with Crippen molar-refractivity contribution in [1.29, 1.82) is 0 Å². The van der Waals surface area contributed by atoms with Gasteiger partial charge in [-0.05, 0) is 144 Å². The van der Waals surface area contributed by atoms with Crippen molar-refractivity contribution in [1.82, 2.24) is 0 Å². The van der Waals surface area contributed by atoms with E-state index >= 15 is 0 Å². The Bertz CT molecular complexity index is 2410. The molecule has 5 aliphatic rings. The number of ether oxygens (including phenoxy) is 1. The summed E-state index contributed by atoms with van der Waals surface area (Å²) in [6.07, 6.45) is 21.5. The number of hydrogen-bond acceptors (Lipinski definition) is 4. The van der Waals surface area contributed by atoms with Gasteiger partial charge in [0.05, 0.1) is 25.7 Å². The molecule has 3 aliphatic heterocycles. The van der Waals surface area contributed by atoms with E-state index in [2.05, 4.69) is 119 Å². The first-order valence-corrected chi connectivity index (χ1v) is 25.2. The molecule has 0 atom stereocenters. The number of esters is 1. The van der Waals surface area contributed by atoms with Gasteiger partial charge in [-0.3, -0.25) is 0 Å². The van der Waals surface area contributed by atoms with Crippen molar-refractivity contribution >= 4 is 74.9 Å². The molecule has 0 N–H and O–H groups in total. The van der Waals surface area contributed by atoms with Crippen molar-refractivity contribution < 1.29 is 9.53 Å². The molecule has 0 radical (unpaired) electrons. The second-order valence-electron chi connectivity index (χ2n) is 18.7. The van der Waals surface area contributed by atoms with E-state index in [0.29, 0.717) is 17.4 Å². The predicted molar refractivity (Wildman–Crippen MR) is 268 cm³/mol. The highest BCUT2D eigenvalue weighted by Gasteiger charge is 2.48. The van der Waals surface area contributed by atoms with Gasteiger partial charge in [0.15, 0.2) is 5.60 Å². The van der Waals surface area contributed by atoms with Crippen LogP contribution in [0.5, 0.6) is 0 Å². The maximum absolute atomic E-state index is 14.5. The summed E-state index contributed by atoms with van der Waals surface area (Å²) in [5.74, 6) is 0.507. The minimum absolute atomic E-state index is 0.0276. The Kier molecular flexibility index (Phi) is 12.9. The summed E-state index contributed by atoms with van der Waals surface area (Å²) >= 11 is 28.0. The molecule has 3 heterocycles. The smallest absolute Gasteiger partial charge is 0.341 e. The molecule has 10 rings (SSSR count). The second kappa shape index (κ2) is 19.0. The van der Waals surface area contributed by atoms with Gasteiger partial charge in [0.25, 0.3) is 0 Å². The second-order valence-corrected chi connectivity index (χ2v) is 20.2. The Labute approximate surface area is 399 Å². The molecule has 2 saturated heterocycles. The van der Waals surface area contributed by atoms with Crippen molar-refractivity contribution in [3.63, 3.8) is 0 Å². The van der Waals surface area contributed by atoms with Crippen LogP contribution in [0.25, 0.3) is 11.1 Å². The van der Waals surface area contributed by atoms with Gasteiger partial charge in [-0.2, -0.15) is 0 Å². The van der Waals surface area contributed by atoms with Gasteiger partial charge < -0.3 is 14.5 Å². The summed E-state index contributed by atoms with van der Waals surface area (Å²) in [5.41, 5.74) is 9.86. The van der Waals surface area contributed by atoms with Gasteiger partial charge in [0.2, 0.25) is 0 Å². The first-order chi connectivity index (χ1) is 31.3. The molecule has 330 valence electrons. The lowest BCUT2D eigenvalue weighted by molar-refractivity contribution is 0.0300. The van der Waals surface area contributed by atoms with Gasteiger partial charge in [0, 0.05) is 43.1 Å². The molecule has 0 spiro atoms. The monoisotopic (exact) mass is 928 g/mol. The SMILES string of the molecule is O=C1OC(/C=C(/c2ccc(C3CCCCC3)cc2)c2ccc(N3CCCC3)cc2)(/C=C(/c2ccc(C3CCCCC3)cc2)c2ccc(N3CCCC3)cc2)c2c(Cl)c(Cl)c(Cl)c(Cl)c21. The van der Waals surface area contributed by atoms with Crippen molar-refractivity contribution in [3.05, 3.63) is 174 Å². The molecule has 5 aromatic rings. The molecule has 2 saturated carbocycles. The molecule has 4 fully saturated rings. The molecule has 8 heteroatoms. The zero-order valence-corrected chi connectivity index (χ0v) is 39.5. The molecule has 0 aromatic heterocycles. The van der Waals surface area contributed by atoms with Crippen LogP contribution in [0.4, 0.5) is 11.4 Å². The highest BCUT2D eigenvalue weighted by atomic mass is 35.5. The van der Waals surface area contributed by atoms with Gasteiger partial charge in [-0.15, -0.1) is 0 Å². The van der Waals surface area contributed by atoms with Crippen molar-refractivity contribution in [2.75, 3.05) is 36.0 Å². The fourth-order valence-corrected chi connectivity index (χ4v) is 12.3. The fourth-order valence-electron chi connectivity index (χ4n) is 11.2. The predicted octanol–water partition coefficient (Wildman–Crippen LogP) is 16.2. The summed E-state index contributed by atoms with van der Waals surface area (Å²) < 4.78 is 6.79. The van der Waals surface area contributed by atoms with E-state index in [-0.39, 0.29) is 25.7 Å². The van der Waals surface area contributed by atoms with Crippen LogP contribution in [-0.2, 0) is 10.3 Å². The lowest BCUT2D eigenvalue weighted by Crippen LogP contribution is -2.23. The van der Waals surface area contributed by atoms with Crippen LogP contribution >= 0.6 is 46.4 Å². The third kappa shape index (κ3) is 8.66. The minimum atomic E-state index is -1.56. The van der Waals surface area contributed by atoms with Crippen molar-refractivity contribution in [2.45, 2.75) is 107 Å². The average Bonchev–Trinajstić information content (AvgIpc) is 4.15. The maximum atomic E-state index is 14.5. The molecule has 2 aliphatic carbocycles. The summed E-state index contributed by atoms with van der Waals surface area (Å²) in [6.45, 7) is 4.21. The maximum Gasteiger partial charge on any atom is 0.341 e.